The molecular weight excluding hydrogens is 166 g/mol. The number of carbonyl (C=O) groups is 1. The van der Waals surface area contributed by atoms with Crippen molar-refractivity contribution >= 4 is 5.97 Å². The van der Waals surface area contributed by atoms with E-state index in [0.29, 0.717) is 0 Å². The molecular formula is C10H15NO2. The van der Waals surface area contributed by atoms with Crippen LogP contribution in [0.3, 0.4) is 0 Å². The molecule has 0 saturated carbocycles. The maximum atomic E-state index is 11.4. The first-order chi connectivity index (χ1) is 6.20. The third-order valence-corrected chi connectivity index (χ3v) is 2.23. The highest BCUT2D eigenvalue weighted by molar-refractivity contribution is 5.77. The first kappa shape index (κ1) is 9.84. The fourth-order valence-electron chi connectivity index (χ4n) is 1.48. The van der Waals surface area contributed by atoms with Crippen LogP contribution >= 0.6 is 0 Å². The molecule has 1 aromatic rings. The summed E-state index contributed by atoms with van der Waals surface area (Å²) in [6.07, 6.45) is 2.70. The zero-order valence-electron chi connectivity index (χ0n) is 8.28. The van der Waals surface area contributed by atoms with Gasteiger partial charge in [0.15, 0.2) is 0 Å². The first-order valence-electron chi connectivity index (χ1n) is 4.39. The van der Waals surface area contributed by atoms with E-state index in [0.717, 1.165) is 12.1 Å². The zero-order valence-corrected chi connectivity index (χ0v) is 8.28. The van der Waals surface area contributed by atoms with Crippen molar-refractivity contribution in [2.75, 3.05) is 7.11 Å². The van der Waals surface area contributed by atoms with Gasteiger partial charge in [0.2, 0.25) is 0 Å². The second-order valence-electron chi connectivity index (χ2n) is 3.03. The van der Waals surface area contributed by atoms with E-state index in [-0.39, 0.29) is 11.9 Å². The summed E-state index contributed by atoms with van der Waals surface area (Å²) < 4.78 is 6.68. The molecule has 3 nitrogen and oxygen atoms in total. The summed E-state index contributed by atoms with van der Waals surface area (Å²) in [5.74, 6) is -0.297. The SMILES string of the molecule is CCC(C(=O)OC)c1cccn1C. The second-order valence-corrected chi connectivity index (χ2v) is 3.03. The summed E-state index contributed by atoms with van der Waals surface area (Å²) in [5.41, 5.74) is 1.01. The Bertz CT molecular complexity index is 291. The lowest BCUT2D eigenvalue weighted by Gasteiger charge is -2.13. The van der Waals surface area contributed by atoms with Crippen LogP contribution < -0.4 is 0 Å². The Morgan fingerprint density at radius 1 is 1.69 bits per heavy atom. The van der Waals surface area contributed by atoms with Crippen molar-refractivity contribution in [3.8, 4) is 0 Å². The Morgan fingerprint density at radius 2 is 2.38 bits per heavy atom. The molecule has 0 aliphatic carbocycles. The molecule has 0 aromatic carbocycles. The van der Waals surface area contributed by atoms with Crippen LogP contribution in [0.5, 0.6) is 0 Å². The first-order valence-corrected chi connectivity index (χ1v) is 4.39. The summed E-state index contributed by atoms with van der Waals surface area (Å²) in [5, 5.41) is 0. The molecule has 0 saturated heterocycles. The quantitative estimate of drug-likeness (QED) is 0.664. The van der Waals surface area contributed by atoms with Gasteiger partial charge in [0.1, 0.15) is 0 Å². The summed E-state index contributed by atoms with van der Waals surface area (Å²) in [6.45, 7) is 1.98. The van der Waals surface area contributed by atoms with Crippen molar-refractivity contribution < 1.29 is 9.53 Å². The van der Waals surface area contributed by atoms with Crippen LogP contribution in [0.4, 0.5) is 0 Å². The molecule has 0 aliphatic heterocycles. The number of nitrogens with zero attached hydrogens (tertiary/aromatic N) is 1. The van der Waals surface area contributed by atoms with Gasteiger partial charge in [0.25, 0.3) is 0 Å². The van der Waals surface area contributed by atoms with Crippen LogP contribution in [-0.2, 0) is 16.6 Å². The lowest BCUT2D eigenvalue weighted by Crippen LogP contribution is -2.15. The third-order valence-electron chi connectivity index (χ3n) is 2.23. The number of hydrogen-bond acceptors (Lipinski definition) is 2. The molecule has 1 unspecified atom stereocenters. The Balaban J connectivity index is 2.90. The van der Waals surface area contributed by atoms with Gasteiger partial charge in [-0.2, -0.15) is 0 Å². The normalized spacial score (nSPS) is 12.5. The molecule has 0 fully saturated rings. The van der Waals surface area contributed by atoms with Crippen LogP contribution in [0, 0.1) is 0 Å². The molecule has 1 rings (SSSR count). The molecule has 3 heteroatoms. The highest BCUT2D eigenvalue weighted by atomic mass is 16.5. The summed E-state index contributed by atoms with van der Waals surface area (Å²) in [4.78, 5) is 11.4. The van der Waals surface area contributed by atoms with E-state index < -0.39 is 0 Å². The highest BCUT2D eigenvalue weighted by Crippen LogP contribution is 2.20. The number of rotatable bonds is 3. The van der Waals surface area contributed by atoms with Crippen molar-refractivity contribution in [1.82, 2.24) is 4.57 Å². The number of aromatic nitrogens is 1. The Kier molecular flexibility index (Phi) is 3.12. The van der Waals surface area contributed by atoms with E-state index in [2.05, 4.69) is 0 Å². The van der Waals surface area contributed by atoms with E-state index in [1.165, 1.54) is 7.11 Å². The van der Waals surface area contributed by atoms with E-state index in [9.17, 15) is 4.79 Å². The number of hydrogen-bond donors (Lipinski definition) is 0. The minimum Gasteiger partial charge on any atom is -0.469 e. The molecule has 0 N–H and O–H groups in total. The molecule has 0 amide bonds. The molecule has 0 radical (unpaired) electrons. The predicted molar refractivity (Wildman–Crippen MR) is 50.5 cm³/mol. The Labute approximate surface area is 78.3 Å². The molecule has 0 bridgehead atoms. The average molecular weight is 181 g/mol. The van der Waals surface area contributed by atoms with E-state index in [4.69, 9.17) is 4.74 Å². The van der Waals surface area contributed by atoms with Crippen LogP contribution in [-0.4, -0.2) is 17.6 Å². The second kappa shape index (κ2) is 4.12. The van der Waals surface area contributed by atoms with Crippen molar-refractivity contribution in [2.24, 2.45) is 7.05 Å². The molecule has 1 heterocycles. The Morgan fingerprint density at radius 3 is 2.77 bits per heavy atom. The summed E-state index contributed by atoms with van der Waals surface area (Å²) >= 11 is 0. The maximum Gasteiger partial charge on any atom is 0.314 e. The Hall–Kier alpha value is -1.25. The largest absolute Gasteiger partial charge is 0.469 e. The fraction of sp³-hybridized carbons (Fsp3) is 0.500. The standard InChI is InChI=1S/C10H15NO2/c1-4-8(10(12)13-3)9-6-5-7-11(9)2/h5-8H,4H2,1-3H3. The van der Waals surface area contributed by atoms with E-state index >= 15 is 0 Å². The third kappa shape index (κ3) is 1.91. The van der Waals surface area contributed by atoms with Gasteiger partial charge in [-0.1, -0.05) is 6.92 Å². The van der Waals surface area contributed by atoms with Crippen LogP contribution in [0.1, 0.15) is 25.0 Å². The van der Waals surface area contributed by atoms with Gasteiger partial charge in [-0.15, -0.1) is 0 Å². The van der Waals surface area contributed by atoms with Gasteiger partial charge < -0.3 is 9.30 Å². The smallest absolute Gasteiger partial charge is 0.314 e. The fourth-order valence-corrected chi connectivity index (χ4v) is 1.48. The van der Waals surface area contributed by atoms with E-state index in [1.807, 2.05) is 36.9 Å². The zero-order chi connectivity index (χ0) is 9.84. The van der Waals surface area contributed by atoms with Crippen molar-refractivity contribution in [1.29, 1.82) is 0 Å². The van der Waals surface area contributed by atoms with Crippen LogP contribution in [0.2, 0.25) is 0 Å². The lowest BCUT2D eigenvalue weighted by molar-refractivity contribution is -0.142. The number of carbonyl (C=O) groups excluding carboxylic acids is 1. The number of aryl methyl sites for hydroxylation is 1. The molecule has 1 atom stereocenters. The average Bonchev–Trinajstić information content (AvgIpc) is 2.53. The van der Waals surface area contributed by atoms with Gasteiger partial charge in [-0.05, 0) is 18.6 Å². The molecule has 1 aromatic heterocycles. The highest BCUT2D eigenvalue weighted by Gasteiger charge is 2.20. The minimum atomic E-state index is -0.163. The van der Waals surface area contributed by atoms with Crippen molar-refractivity contribution in [3.63, 3.8) is 0 Å². The number of methoxy groups -OCH3 is 1. The molecule has 72 valence electrons. The summed E-state index contributed by atoms with van der Waals surface area (Å²) in [7, 11) is 3.36. The minimum absolute atomic E-state index is 0.134. The summed E-state index contributed by atoms with van der Waals surface area (Å²) in [6, 6.07) is 3.88. The molecule has 0 aliphatic rings. The lowest BCUT2D eigenvalue weighted by atomic mass is 10.0. The van der Waals surface area contributed by atoms with Gasteiger partial charge in [-0.25, -0.2) is 0 Å². The molecule has 0 spiro atoms. The van der Waals surface area contributed by atoms with Crippen LogP contribution in [0.25, 0.3) is 0 Å². The van der Waals surface area contributed by atoms with Crippen LogP contribution in [0.15, 0.2) is 18.3 Å². The molecule has 13 heavy (non-hydrogen) atoms. The van der Waals surface area contributed by atoms with Crippen molar-refractivity contribution in [2.45, 2.75) is 19.3 Å². The maximum absolute atomic E-state index is 11.4. The topological polar surface area (TPSA) is 31.2 Å². The van der Waals surface area contributed by atoms with Crippen molar-refractivity contribution in [3.05, 3.63) is 24.0 Å². The predicted octanol–water partition coefficient (Wildman–Crippen LogP) is 1.69. The van der Waals surface area contributed by atoms with Gasteiger partial charge in [-0.3, -0.25) is 4.79 Å². The number of esters is 1. The van der Waals surface area contributed by atoms with E-state index in [1.54, 1.807) is 0 Å². The monoisotopic (exact) mass is 181 g/mol. The van der Waals surface area contributed by atoms with Gasteiger partial charge in [0, 0.05) is 18.9 Å². The number of ether oxygens (including phenoxy) is 1. The van der Waals surface area contributed by atoms with Gasteiger partial charge >= 0.3 is 5.97 Å². The van der Waals surface area contributed by atoms with Gasteiger partial charge in [0.05, 0.1) is 13.0 Å².